The van der Waals surface area contributed by atoms with E-state index in [1.54, 1.807) is 6.92 Å². The van der Waals surface area contributed by atoms with E-state index in [4.69, 9.17) is 5.11 Å². The first-order valence-electron chi connectivity index (χ1n) is 4.92. The van der Waals surface area contributed by atoms with Gasteiger partial charge in [0, 0.05) is 15.5 Å². The van der Waals surface area contributed by atoms with Crippen molar-refractivity contribution in [2.75, 3.05) is 6.54 Å². The maximum atomic E-state index is 9.08. The van der Waals surface area contributed by atoms with Gasteiger partial charge in [-0.3, -0.25) is 0 Å². The highest BCUT2D eigenvalue weighted by Crippen LogP contribution is 2.23. The van der Waals surface area contributed by atoms with Crippen LogP contribution < -0.4 is 5.32 Å². The van der Waals surface area contributed by atoms with Gasteiger partial charge in [-0.15, -0.1) is 0 Å². The fraction of sp³-hybridized carbons (Fsp3) is 0.455. The van der Waals surface area contributed by atoms with Gasteiger partial charge in [0.1, 0.15) is 0 Å². The summed E-state index contributed by atoms with van der Waals surface area (Å²) in [5.41, 5.74) is 1.23. The average molecular weight is 337 g/mol. The van der Waals surface area contributed by atoms with Gasteiger partial charge in [-0.25, -0.2) is 0 Å². The van der Waals surface area contributed by atoms with Crippen LogP contribution in [0.2, 0.25) is 0 Å². The monoisotopic (exact) mass is 335 g/mol. The predicted octanol–water partition coefficient (Wildman–Crippen LogP) is 3.07. The molecule has 15 heavy (non-hydrogen) atoms. The number of nitrogens with one attached hydrogen (secondary N) is 1. The number of rotatable bonds is 5. The predicted molar refractivity (Wildman–Crippen MR) is 69.8 cm³/mol. The van der Waals surface area contributed by atoms with Crippen molar-refractivity contribution in [3.63, 3.8) is 0 Å². The van der Waals surface area contributed by atoms with Crippen LogP contribution in [0, 0.1) is 0 Å². The second-order valence-electron chi connectivity index (χ2n) is 3.56. The third-order valence-corrected chi connectivity index (χ3v) is 3.93. The lowest BCUT2D eigenvalue weighted by Gasteiger charge is -2.07. The summed E-state index contributed by atoms with van der Waals surface area (Å²) in [6.45, 7) is 3.47. The standard InChI is InChI=1S/C11H15Br2NO/c1-8(15)4-5-14-7-9-2-3-10(12)11(13)6-9/h2-3,6,8,14-15H,4-5,7H2,1H3/t8-/m1/s1. The minimum atomic E-state index is -0.228. The molecule has 0 aromatic heterocycles. The molecule has 2 N–H and O–H groups in total. The van der Waals surface area contributed by atoms with Gasteiger partial charge >= 0.3 is 0 Å². The fourth-order valence-corrected chi connectivity index (χ4v) is 1.87. The molecule has 2 nitrogen and oxygen atoms in total. The largest absolute Gasteiger partial charge is 0.393 e. The molecule has 0 aliphatic carbocycles. The molecule has 0 heterocycles. The van der Waals surface area contributed by atoms with Crippen LogP contribution in [0.3, 0.4) is 0 Å². The molecular formula is C11H15Br2NO. The molecule has 0 fully saturated rings. The Hall–Kier alpha value is 0.1000. The quantitative estimate of drug-likeness (QED) is 0.810. The van der Waals surface area contributed by atoms with E-state index in [0.717, 1.165) is 28.5 Å². The summed E-state index contributed by atoms with van der Waals surface area (Å²) in [5, 5.41) is 12.4. The van der Waals surface area contributed by atoms with Gasteiger partial charge in [0.05, 0.1) is 6.10 Å². The van der Waals surface area contributed by atoms with Crippen molar-refractivity contribution >= 4 is 31.9 Å². The Bertz CT molecular complexity index is 315. The molecule has 0 radical (unpaired) electrons. The summed E-state index contributed by atoms with van der Waals surface area (Å²) in [6, 6.07) is 6.18. The number of halogens is 2. The van der Waals surface area contributed by atoms with Crippen LogP contribution in [0.25, 0.3) is 0 Å². The van der Waals surface area contributed by atoms with Gasteiger partial charge in [0.2, 0.25) is 0 Å². The summed E-state index contributed by atoms with van der Waals surface area (Å²) in [5.74, 6) is 0. The summed E-state index contributed by atoms with van der Waals surface area (Å²) in [4.78, 5) is 0. The minimum absolute atomic E-state index is 0.228. The van der Waals surface area contributed by atoms with E-state index < -0.39 is 0 Å². The normalized spacial score (nSPS) is 12.8. The molecule has 1 rings (SSSR count). The van der Waals surface area contributed by atoms with Gasteiger partial charge in [-0.1, -0.05) is 6.07 Å². The van der Waals surface area contributed by atoms with Crippen LogP contribution in [0.15, 0.2) is 27.1 Å². The van der Waals surface area contributed by atoms with Crippen LogP contribution in [-0.4, -0.2) is 17.8 Å². The zero-order valence-electron chi connectivity index (χ0n) is 8.63. The first-order chi connectivity index (χ1) is 7.09. The molecule has 0 saturated heterocycles. The SMILES string of the molecule is C[C@@H](O)CCNCc1ccc(Br)c(Br)c1. The maximum Gasteiger partial charge on any atom is 0.0524 e. The Morgan fingerprint density at radius 1 is 1.33 bits per heavy atom. The number of aliphatic hydroxyl groups is 1. The second kappa shape index (κ2) is 6.63. The number of benzene rings is 1. The molecular weight excluding hydrogens is 322 g/mol. The van der Waals surface area contributed by atoms with Crippen molar-refractivity contribution in [1.29, 1.82) is 0 Å². The molecule has 1 aromatic rings. The topological polar surface area (TPSA) is 32.3 Å². The van der Waals surface area contributed by atoms with Crippen LogP contribution >= 0.6 is 31.9 Å². The molecule has 4 heteroatoms. The van der Waals surface area contributed by atoms with Crippen molar-refractivity contribution < 1.29 is 5.11 Å². The van der Waals surface area contributed by atoms with Gasteiger partial charge in [0.25, 0.3) is 0 Å². The summed E-state index contributed by atoms with van der Waals surface area (Å²) < 4.78 is 2.13. The molecule has 0 aliphatic rings. The molecule has 0 aliphatic heterocycles. The Morgan fingerprint density at radius 2 is 2.07 bits per heavy atom. The lowest BCUT2D eigenvalue weighted by Crippen LogP contribution is -2.18. The first kappa shape index (κ1) is 13.2. The zero-order valence-corrected chi connectivity index (χ0v) is 11.8. The number of aliphatic hydroxyl groups excluding tert-OH is 1. The average Bonchev–Trinajstić information content (AvgIpc) is 2.18. The second-order valence-corrected chi connectivity index (χ2v) is 5.27. The van der Waals surface area contributed by atoms with E-state index in [9.17, 15) is 0 Å². The van der Waals surface area contributed by atoms with E-state index >= 15 is 0 Å². The zero-order chi connectivity index (χ0) is 11.3. The number of hydrogen-bond acceptors (Lipinski definition) is 2. The Labute approximate surface area is 107 Å². The van der Waals surface area contributed by atoms with Crippen LogP contribution in [0.4, 0.5) is 0 Å². The smallest absolute Gasteiger partial charge is 0.0524 e. The van der Waals surface area contributed by atoms with Crippen molar-refractivity contribution in [2.24, 2.45) is 0 Å². The van der Waals surface area contributed by atoms with E-state index in [-0.39, 0.29) is 6.10 Å². The summed E-state index contributed by atoms with van der Waals surface area (Å²) in [7, 11) is 0. The van der Waals surface area contributed by atoms with E-state index in [1.165, 1.54) is 5.56 Å². The molecule has 0 bridgehead atoms. The third-order valence-electron chi connectivity index (χ3n) is 2.05. The van der Waals surface area contributed by atoms with Crippen molar-refractivity contribution in [3.05, 3.63) is 32.7 Å². The highest BCUT2D eigenvalue weighted by molar-refractivity contribution is 9.13. The lowest BCUT2D eigenvalue weighted by molar-refractivity contribution is 0.183. The van der Waals surface area contributed by atoms with Gasteiger partial charge in [0.15, 0.2) is 0 Å². The van der Waals surface area contributed by atoms with Gasteiger partial charge in [-0.2, -0.15) is 0 Å². The van der Waals surface area contributed by atoms with Gasteiger partial charge in [-0.05, 0) is 69.4 Å². The lowest BCUT2D eigenvalue weighted by atomic mass is 10.2. The Balaban J connectivity index is 2.35. The maximum absolute atomic E-state index is 9.08. The van der Waals surface area contributed by atoms with Crippen molar-refractivity contribution in [3.8, 4) is 0 Å². The fourth-order valence-electron chi connectivity index (χ4n) is 1.19. The van der Waals surface area contributed by atoms with E-state index in [2.05, 4.69) is 49.3 Å². The van der Waals surface area contributed by atoms with Gasteiger partial charge < -0.3 is 10.4 Å². The summed E-state index contributed by atoms with van der Waals surface area (Å²) in [6.07, 6.45) is 0.562. The highest BCUT2D eigenvalue weighted by Gasteiger charge is 1.99. The Morgan fingerprint density at radius 3 is 2.67 bits per heavy atom. The van der Waals surface area contributed by atoms with Crippen LogP contribution in [0.5, 0.6) is 0 Å². The van der Waals surface area contributed by atoms with Crippen LogP contribution in [0.1, 0.15) is 18.9 Å². The van der Waals surface area contributed by atoms with E-state index in [0.29, 0.717) is 0 Å². The van der Waals surface area contributed by atoms with E-state index in [1.807, 2.05) is 6.07 Å². The first-order valence-corrected chi connectivity index (χ1v) is 6.51. The molecule has 0 spiro atoms. The van der Waals surface area contributed by atoms with Crippen molar-refractivity contribution in [1.82, 2.24) is 5.32 Å². The molecule has 0 unspecified atom stereocenters. The Kier molecular flexibility index (Phi) is 5.82. The molecule has 0 amide bonds. The molecule has 0 saturated carbocycles. The van der Waals surface area contributed by atoms with Crippen molar-refractivity contribution in [2.45, 2.75) is 26.0 Å². The summed E-state index contributed by atoms with van der Waals surface area (Å²) >= 11 is 6.89. The van der Waals surface area contributed by atoms with Crippen LogP contribution in [-0.2, 0) is 6.54 Å². The molecule has 1 aromatic carbocycles. The third kappa shape index (κ3) is 5.11. The minimum Gasteiger partial charge on any atom is -0.393 e. The highest BCUT2D eigenvalue weighted by atomic mass is 79.9. The molecule has 84 valence electrons. The number of hydrogen-bond donors (Lipinski definition) is 2. The molecule has 1 atom stereocenters.